The van der Waals surface area contributed by atoms with Gasteiger partial charge in [0.2, 0.25) is 0 Å². The summed E-state index contributed by atoms with van der Waals surface area (Å²) in [5.41, 5.74) is 0.0103. The standard InChI is InChI=1S/C20H25FN2O3/c1-20(2,25-3)19(24)23-9-5-7-15(13-23)18-22-12-17(26-18)11-14-6-4-8-16(21)10-14/h4,6,8,10,12,15H,5,7,9,11,13H2,1-3H3. The number of carbonyl (C=O) groups excluding carboxylic acids is 1. The summed E-state index contributed by atoms with van der Waals surface area (Å²) in [6.07, 6.45) is 4.02. The predicted molar refractivity (Wildman–Crippen MR) is 95.4 cm³/mol. The van der Waals surface area contributed by atoms with Gasteiger partial charge in [-0.25, -0.2) is 9.37 Å². The first-order chi connectivity index (χ1) is 12.4. The Bertz CT molecular complexity index is 772. The van der Waals surface area contributed by atoms with Crippen LogP contribution in [0.3, 0.4) is 0 Å². The van der Waals surface area contributed by atoms with Crippen LogP contribution in [0, 0.1) is 5.82 Å². The van der Waals surface area contributed by atoms with Crippen molar-refractivity contribution >= 4 is 5.91 Å². The van der Waals surface area contributed by atoms with Crippen molar-refractivity contribution in [3.63, 3.8) is 0 Å². The molecule has 1 unspecified atom stereocenters. The highest BCUT2D eigenvalue weighted by molar-refractivity contribution is 5.84. The van der Waals surface area contributed by atoms with Gasteiger partial charge in [-0.2, -0.15) is 0 Å². The molecule has 26 heavy (non-hydrogen) atoms. The summed E-state index contributed by atoms with van der Waals surface area (Å²) >= 11 is 0. The zero-order chi connectivity index (χ0) is 18.7. The van der Waals surface area contributed by atoms with Crippen molar-refractivity contribution in [1.29, 1.82) is 0 Å². The van der Waals surface area contributed by atoms with E-state index in [-0.39, 0.29) is 17.6 Å². The predicted octanol–water partition coefficient (Wildman–Crippen LogP) is 3.54. The molecule has 1 fully saturated rings. The molecule has 6 heteroatoms. The fraction of sp³-hybridized carbons (Fsp3) is 0.500. The number of amides is 1. The van der Waals surface area contributed by atoms with Gasteiger partial charge in [-0.3, -0.25) is 4.79 Å². The smallest absolute Gasteiger partial charge is 0.254 e. The van der Waals surface area contributed by atoms with Gasteiger partial charge in [-0.1, -0.05) is 12.1 Å². The Balaban J connectivity index is 1.68. The van der Waals surface area contributed by atoms with Crippen LogP contribution in [-0.2, 0) is 16.0 Å². The number of halogens is 1. The lowest BCUT2D eigenvalue weighted by molar-refractivity contribution is -0.152. The van der Waals surface area contributed by atoms with Crippen LogP contribution in [0.1, 0.15) is 49.8 Å². The molecule has 1 aliphatic heterocycles. The van der Waals surface area contributed by atoms with Gasteiger partial charge in [-0.05, 0) is 44.4 Å². The van der Waals surface area contributed by atoms with Gasteiger partial charge in [-0.15, -0.1) is 0 Å². The Hall–Kier alpha value is -2.21. The molecular formula is C20H25FN2O3. The number of aromatic nitrogens is 1. The van der Waals surface area contributed by atoms with E-state index < -0.39 is 5.60 Å². The number of likely N-dealkylation sites (tertiary alicyclic amines) is 1. The Labute approximate surface area is 153 Å². The summed E-state index contributed by atoms with van der Waals surface area (Å²) in [7, 11) is 1.55. The number of carbonyl (C=O) groups is 1. The summed E-state index contributed by atoms with van der Waals surface area (Å²) in [4.78, 5) is 18.9. The number of oxazole rings is 1. The van der Waals surface area contributed by atoms with Crippen LogP contribution in [0.4, 0.5) is 4.39 Å². The van der Waals surface area contributed by atoms with E-state index in [1.165, 1.54) is 12.1 Å². The Morgan fingerprint density at radius 2 is 2.27 bits per heavy atom. The summed E-state index contributed by atoms with van der Waals surface area (Å²) in [5, 5.41) is 0. The molecule has 140 valence electrons. The van der Waals surface area contributed by atoms with Crippen molar-refractivity contribution in [1.82, 2.24) is 9.88 Å². The fourth-order valence-corrected chi connectivity index (χ4v) is 3.27. The van der Waals surface area contributed by atoms with E-state index in [9.17, 15) is 9.18 Å². The molecule has 1 aromatic carbocycles. The van der Waals surface area contributed by atoms with Crippen molar-refractivity contribution in [2.75, 3.05) is 20.2 Å². The Morgan fingerprint density at radius 1 is 1.46 bits per heavy atom. The lowest BCUT2D eigenvalue weighted by Gasteiger charge is -2.36. The second-order valence-corrected chi connectivity index (χ2v) is 7.28. The van der Waals surface area contributed by atoms with Gasteiger partial charge in [0.1, 0.15) is 17.2 Å². The van der Waals surface area contributed by atoms with Crippen molar-refractivity contribution < 1.29 is 18.3 Å². The molecule has 0 radical (unpaired) electrons. The molecule has 3 rings (SSSR count). The number of hydrogen-bond acceptors (Lipinski definition) is 4. The molecular weight excluding hydrogens is 335 g/mol. The highest BCUT2D eigenvalue weighted by atomic mass is 19.1. The summed E-state index contributed by atoms with van der Waals surface area (Å²) < 4.78 is 24.5. The maximum absolute atomic E-state index is 13.3. The van der Waals surface area contributed by atoms with Gasteiger partial charge in [0.05, 0.1) is 12.1 Å². The second kappa shape index (κ2) is 7.58. The van der Waals surface area contributed by atoms with Gasteiger partial charge >= 0.3 is 0 Å². The highest BCUT2D eigenvalue weighted by Gasteiger charge is 2.35. The first-order valence-electron chi connectivity index (χ1n) is 8.92. The second-order valence-electron chi connectivity index (χ2n) is 7.28. The van der Waals surface area contributed by atoms with E-state index in [0.29, 0.717) is 24.6 Å². The first kappa shape index (κ1) is 18.6. The van der Waals surface area contributed by atoms with E-state index in [4.69, 9.17) is 9.15 Å². The fourth-order valence-electron chi connectivity index (χ4n) is 3.27. The molecule has 2 aromatic rings. The number of rotatable bonds is 5. The van der Waals surface area contributed by atoms with Crippen LogP contribution in [0.15, 0.2) is 34.9 Å². The Morgan fingerprint density at radius 3 is 3.00 bits per heavy atom. The molecule has 5 nitrogen and oxygen atoms in total. The number of ether oxygens (including phenoxy) is 1. The number of methoxy groups -OCH3 is 1. The van der Waals surface area contributed by atoms with Crippen LogP contribution in [0.5, 0.6) is 0 Å². The molecule has 2 heterocycles. The van der Waals surface area contributed by atoms with E-state index in [1.807, 2.05) is 11.0 Å². The number of piperidine rings is 1. The highest BCUT2D eigenvalue weighted by Crippen LogP contribution is 2.29. The minimum absolute atomic E-state index is 0.0174. The van der Waals surface area contributed by atoms with Crippen molar-refractivity contribution in [2.45, 2.75) is 44.6 Å². The van der Waals surface area contributed by atoms with Gasteiger partial charge in [0, 0.05) is 26.6 Å². The largest absolute Gasteiger partial charge is 0.445 e. The zero-order valence-corrected chi connectivity index (χ0v) is 15.5. The molecule has 0 bridgehead atoms. The minimum atomic E-state index is -0.832. The van der Waals surface area contributed by atoms with Crippen LogP contribution in [0.25, 0.3) is 0 Å². The first-order valence-corrected chi connectivity index (χ1v) is 8.92. The monoisotopic (exact) mass is 360 g/mol. The summed E-state index contributed by atoms with van der Waals surface area (Å²) in [5.74, 6) is 1.14. The van der Waals surface area contributed by atoms with Gasteiger partial charge < -0.3 is 14.1 Å². The van der Waals surface area contributed by atoms with Crippen molar-refractivity contribution in [3.05, 3.63) is 53.5 Å². The topological polar surface area (TPSA) is 55.6 Å². The quantitative estimate of drug-likeness (QED) is 0.818. The maximum atomic E-state index is 13.3. The molecule has 0 saturated carbocycles. The minimum Gasteiger partial charge on any atom is -0.445 e. The van der Waals surface area contributed by atoms with Crippen LogP contribution < -0.4 is 0 Å². The molecule has 1 aromatic heterocycles. The molecule has 1 atom stereocenters. The van der Waals surface area contributed by atoms with Gasteiger partial charge in [0.15, 0.2) is 5.89 Å². The molecule has 1 aliphatic rings. The third-order valence-electron chi connectivity index (χ3n) is 4.92. The number of benzene rings is 1. The lowest BCUT2D eigenvalue weighted by atomic mass is 9.96. The molecule has 0 spiro atoms. The van der Waals surface area contributed by atoms with Crippen molar-refractivity contribution in [3.8, 4) is 0 Å². The molecule has 0 N–H and O–H groups in total. The molecule has 1 saturated heterocycles. The average Bonchev–Trinajstić information content (AvgIpc) is 3.09. The Kier molecular flexibility index (Phi) is 5.41. The number of hydrogen-bond donors (Lipinski definition) is 0. The third-order valence-corrected chi connectivity index (χ3v) is 4.92. The number of nitrogens with zero attached hydrogens (tertiary/aromatic N) is 2. The lowest BCUT2D eigenvalue weighted by Crippen LogP contribution is -2.49. The van der Waals surface area contributed by atoms with E-state index in [1.54, 1.807) is 33.2 Å². The van der Waals surface area contributed by atoms with E-state index in [2.05, 4.69) is 4.98 Å². The van der Waals surface area contributed by atoms with Gasteiger partial charge in [0.25, 0.3) is 5.91 Å². The zero-order valence-electron chi connectivity index (χ0n) is 15.5. The maximum Gasteiger partial charge on any atom is 0.254 e. The van der Waals surface area contributed by atoms with Crippen molar-refractivity contribution in [2.24, 2.45) is 0 Å². The van der Waals surface area contributed by atoms with Crippen LogP contribution in [0.2, 0.25) is 0 Å². The molecule has 1 amide bonds. The van der Waals surface area contributed by atoms with Crippen LogP contribution in [-0.4, -0.2) is 41.6 Å². The summed E-state index contributed by atoms with van der Waals surface area (Å²) in [6, 6.07) is 6.46. The third kappa shape index (κ3) is 4.12. The normalized spacial score (nSPS) is 18.2. The van der Waals surface area contributed by atoms with Crippen LogP contribution >= 0.6 is 0 Å². The van der Waals surface area contributed by atoms with E-state index in [0.717, 1.165) is 24.9 Å². The average molecular weight is 360 g/mol. The van der Waals surface area contributed by atoms with E-state index >= 15 is 0 Å². The summed E-state index contributed by atoms with van der Waals surface area (Å²) in [6.45, 7) is 4.85. The SMILES string of the molecule is COC(C)(C)C(=O)N1CCCC(c2ncc(Cc3cccc(F)c3)o2)C1. The molecule has 0 aliphatic carbocycles.